The van der Waals surface area contributed by atoms with E-state index in [0.29, 0.717) is 13.0 Å². The lowest BCUT2D eigenvalue weighted by atomic mass is 10.0. The molecule has 2 fully saturated rings. The maximum absolute atomic E-state index is 13.4. The molecule has 0 radical (unpaired) electrons. The average Bonchev–Trinajstić information content (AvgIpc) is 2.99. The second-order valence-corrected chi connectivity index (χ2v) is 7.94. The van der Waals surface area contributed by atoms with Crippen molar-refractivity contribution in [2.24, 2.45) is 5.41 Å². The number of hydrogen-bond acceptors (Lipinski definition) is 2. The molecule has 0 bridgehead atoms. The van der Waals surface area contributed by atoms with E-state index >= 15 is 0 Å². The lowest BCUT2D eigenvalue weighted by Gasteiger charge is -2.35. The molecule has 22 heavy (non-hydrogen) atoms. The molecule has 120 valence electrons. The van der Waals surface area contributed by atoms with Crippen LogP contribution in [0.1, 0.15) is 26.2 Å². The van der Waals surface area contributed by atoms with Gasteiger partial charge < -0.3 is 10.2 Å². The Labute approximate surface area is 139 Å². The van der Waals surface area contributed by atoms with Crippen molar-refractivity contribution in [3.63, 3.8) is 0 Å². The fourth-order valence-corrected chi connectivity index (χ4v) is 3.70. The molecule has 1 aromatic rings. The van der Waals surface area contributed by atoms with Crippen LogP contribution in [0.3, 0.4) is 0 Å². The topological polar surface area (TPSA) is 32.3 Å². The molecule has 3 nitrogen and oxygen atoms in total. The number of benzene rings is 1. The van der Waals surface area contributed by atoms with Crippen LogP contribution in [0.5, 0.6) is 0 Å². The van der Waals surface area contributed by atoms with E-state index in [2.05, 4.69) is 10.2 Å². The Morgan fingerprint density at radius 1 is 1.45 bits per heavy atom. The van der Waals surface area contributed by atoms with Gasteiger partial charge in [-0.1, -0.05) is 6.07 Å². The van der Waals surface area contributed by atoms with E-state index in [4.69, 9.17) is 23.2 Å². The van der Waals surface area contributed by atoms with Crippen molar-refractivity contribution in [3.8, 4) is 0 Å². The van der Waals surface area contributed by atoms with Crippen molar-refractivity contribution in [2.45, 2.75) is 36.6 Å². The van der Waals surface area contributed by atoms with Gasteiger partial charge in [0.05, 0.1) is 5.41 Å². The van der Waals surface area contributed by atoms with Crippen LogP contribution in [-0.4, -0.2) is 29.4 Å². The van der Waals surface area contributed by atoms with Gasteiger partial charge in [-0.3, -0.25) is 4.79 Å². The molecule has 1 heterocycles. The van der Waals surface area contributed by atoms with E-state index in [1.54, 1.807) is 13.0 Å². The van der Waals surface area contributed by atoms with E-state index in [1.165, 1.54) is 12.1 Å². The van der Waals surface area contributed by atoms with E-state index in [0.717, 1.165) is 25.1 Å². The highest BCUT2D eigenvalue weighted by molar-refractivity contribution is 6.53. The van der Waals surface area contributed by atoms with Crippen LogP contribution < -0.4 is 10.2 Å². The molecule has 3 rings (SSSR count). The summed E-state index contributed by atoms with van der Waals surface area (Å²) >= 11 is 12.1. The average molecular weight is 345 g/mol. The second kappa shape index (κ2) is 5.57. The molecule has 2 unspecified atom stereocenters. The van der Waals surface area contributed by atoms with Crippen LogP contribution in [0.15, 0.2) is 24.3 Å². The third kappa shape index (κ3) is 2.91. The van der Waals surface area contributed by atoms with Crippen molar-refractivity contribution < 1.29 is 9.18 Å². The standard InChI is InChI=1S/C16H19Cl2FN2O/c1-15(10-16(15,17)18)14(22)20-12-5-3-7-21(9-12)13-6-2-4-11(19)8-13/h2,4,6,8,12H,3,5,7,9-10H2,1H3,(H,20,22). The van der Waals surface area contributed by atoms with Gasteiger partial charge in [0, 0.05) is 24.8 Å². The van der Waals surface area contributed by atoms with Gasteiger partial charge in [0.1, 0.15) is 10.2 Å². The predicted octanol–water partition coefficient (Wildman–Crippen LogP) is 3.49. The van der Waals surface area contributed by atoms with Gasteiger partial charge in [-0.2, -0.15) is 0 Å². The number of nitrogens with one attached hydrogen (secondary N) is 1. The Bertz CT molecular complexity index is 595. The molecule has 2 atom stereocenters. The zero-order valence-corrected chi connectivity index (χ0v) is 13.9. The van der Waals surface area contributed by atoms with Crippen molar-refractivity contribution in [2.75, 3.05) is 18.0 Å². The predicted molar refractivity (Wildman–Crippen MR) is 86.9 cm³/mol. The summed E-state index contributed by atoms with van der Waals surface area (Å²) in [4.78, 5) is 14.4. The fraction of sp³-hybridized carbons (Fsp3) is 0.562. The van der Waals surface area contributed by atoms with Crippen LogP contribution in [0.25, 0.3) is 0 Å². The van der Waals surface area contributed by atoms with E-state index < -0.39 is 9.75 Å². The fourth-order valence-electron chi connectivity index (χ4n) is 2.99. The number of rotatable bonds is 3. The van der Waals surface area contributed by atoms with Crippen LogP contribution in [-0.2, 0) is 4.79 Å². The highest BCUT2D eigenvalue weighted by atomic mass is 35.5. The van der Waals surface area contributed by atoms with Crippen LogP contribution in [0.2, 0.25) is 0 Å². The highest BCUT2D eigenvalue weighted by Crippen LogP contribution is 2.63. The Balaban J connectivity index is 1.63. The van der Waals surface area contributed by atoms with Crippen LogP contribution in [0, 0.1) is 11.2 Å². The molecule has 1 aliphatic heterocycles. The number of anilines is 1. The number of hydrogen-bond donors (Lipinski definition) is 1. The van der Waals surface area contributed by atoms with Crippen molar-refractivity contribution in [3.05, 3.63) is 30.1 Å². The Morgan fingerprint density at radius 2 is 2.18 bits per heavy atom. The van der Waals surface area contributed by atoms with Gasteiger partial charge in [0.25, 0.3) is 0 Å². The van der Waals surface area contributed by atoms with Gasteiger partial charge in [-0.15, -0.1) is 23.2 Å². The van der Waals surface area contributed by atoms with Crippen LogP contribution in [0.4, 0.5) is 10.1 Å². The van der Waals surface area contributed by atoms with Crippen molar-refractivity contribution >= 4 is 34.8 Å². The van der Waals surface area contributed by atoms with Crippen molar-refractivity contribution in [1.29, 1.82) is 0 Å². The van der Waals surface area contributed by atoms with Gasteiger partial charge in [-0.25, -0.2) is 4.39 Å². The summed E-state index contributed by atoms with van der Waals surface area (Å²) in [6, 6.07) is 6.58. The maximum Gasteiger partial charge on any atom is 0.229 e. The summed E-state index contributed by atoms with van der Waals surface area (Å²) in [5.74, 6) is -0.341. The number of halogens is 3. The SMILES string of the molecule is CC1(C(=O)NC2CCCN(c3cccc(F)c3)C2)CC1(Cl)Cl. The van der Waals surface area contributed by atoms with Gasteiger partial charge in [-0.05, 0) is 44.4 Å². The maximum atomic E-state index is 13.4. The zero-order chi connectivity index (χ0) is 16.0. The zero-order valence-electron chi connectivity index (χ0n) is 12.4. The molecule has 6 heteroatoms. The minimum atomic E-state index is -0.950. The summed E-state index contributed by atoms with van der Waals surface area (Å²) in [5.41, 5.74) is 0.151. The number of nitrogens with zero attached hydrogens (tertiary/aromatic N) is 1. The first-order chi connectivity index (χ1) is 10.3. The minimum absolute atomic E-state index is 0.0334. The molecule has 1 saturated heterocycles. The highest BCUT2D eigenvalue weighted by Gasteiger charge is 2.68. The van der Waals surface area contributed by atoms with Gasteiger partial charge >= 0.3 is 0 Å². The molecule has 1 saturated carbocycles. The summed E-state index contributed by atoms with van der Waals surface area (Å²) in [6.07, 6.45) is 2.34. The minimum Gasteiger partial charge on any atom is -0.369 e. The molecule has 1 aromatic carbocycles. The normalized spacial score (nSPS) is 30.0. The first kappa shape index (κ1) is 15.9. The molecular weight excluding hydrogens is 326 g/mol. The number of carbonyl (C=O) groups is 1. The molecule has 0 aromatic heterocycles. The number of alkyl halides is 2. The van der Waals surface area contributed by atoms with E-state index in [9.17, 15) is 9.18 Å². The van der Waals surface area contributed by atoms with Gasteiger partial charge in [0.2, 0.25) is 5.91 Å². The summed E-state index contributed by atoms with van der Waals surface area (Å²) in [7, 11) is 0. The molecule has 1 amide bonds. The number of amides is 1. The summed E-state index contributed by atoms with van der Waals surface area (Å²) < 4.78 is 12.4. The van der Waals surface area contributed by atoms with Gasteiger partial charge in [0.15, 0.2) is 0 Å². The molecule has 1 N–H and O–H groups in total. The lowest BCUT2D eigenvalue weighted by Crippen LogP contribution is -2.50. The molecular formula is C16H19Cl2FN2O. The quantitative estimate of drug-likeness (QED) is 0.851. The monoisotopic (exact) mass is 344 g/mol. The van der Waals surface area contributed by atoms with Crippen molar-refractivity contribution in [1.82, 2.24) is 5.32 Å². The summed E-state index contributed by atoms with van der Waals surface area (Å²) in [5, 5.41) is 3.05. The van der Waals surface area contributed by atoms with E-state index in [-0.39, 0.29) is 17.8 Å². The first-order valence-corrected chi connectivity index (χ1v) is 8.27. The molecule has 1 aliphatic carbocycles. The second-order valence-electron chi connectivity index (χ2n) is 6.45. The smallest absolute Gasteiger partial charge is 0.229 e. The Morgan fingerprint density at radius 3 is 2.82 bits per heavy atom. The lowest BCUT2D eigenvalue weighted by molar-refractivity contribution is -0.126. The largest absolute Gasteiger partial charge is 0.369 e. The summed E-state index contributed by atoms with van der Waals surface area (Å²) in [6.45, 7) is 3.32. The third-order valence-electron chi connectivity index (χ3n) is 4.69. The third-order valence-corrected chi connectivity index (χ3v) is 5.79. The number of carbonyl (C=O) groups excluding carboxylic acids is 1. The Hall–Kier alpha value is -1.00. The molecule has 0 spiro atoms. The Kier molecular flexibility index (Phi) is 4.02. The molecule has 2 aliphatic rings. The van der Waals surface area contributed by atoms with Crippen LogP contribution >= 0.6 is 23.2 Å². The first-order valence-electron chi connectivity index (χ1n) is 7.51. The van der Waals surface area contributed by atoms with E-state index in [1.807, 2.05) is 6.07 Å². The number of piperidine rings is 1.